The van der Waals surface area contributed by atoms with Gasteiger partial charge in [0.25, 0.3) is 10.0 Å². The lowest BCUT2D eigenvalue weighted by Crippen LogP contribution is -2.50. The minimum atomic E-state index is -4.22. The molecule has 0 heterocycles. The Bertz CT molecular complexity index is 1290. The molecule has 1 atom stereocenters. The number of anilines is 1. The smallest absolute Gasteiger partial charge is 0.264 e. The van der Waals surface area contributed by atoms with Crippen LogP contribution in [0.5, 0.6) is 0 Å². The van der Waals surface area contributed by atoms with Gasteiger partial charge in [0.2, 0.25) is 11.8 Å². The van der Waals surface area contributed by atoms with Gasteiger partial charge in [-0.25, -0.2) is 12.8 Å². The van der Waals surface area contributed by atoms with E-state index in [2.05, 4.69) is 21.2 Å². The van der Waals surface area contributed by atoms with Gasteiger partial charge in [-0.1, -0.05) is 46.3 Å². The molecule has 0 aliphatic rings. The molecule has 184 valence electrons. The zero-order valence-electron chi connectivity index (χ0n) is 19.2. The van der Waals surface area contributed by atoms with E-state index in [4.69, 9.17) is 0 Å². The molecule has 0 saturated heterocycles. The summed E-state index contributed by atoms with van der Waals surface area (Å²) in [5, 5.41) is 2.53. The Balaban J connectivity index is 2.00. The molecule has 10 heteroatoms. The van der Waals surface area contributed by atoms with Gasteiger partial charge in [0.15, 0.2) is 0 Å². The van der Waals surface area contributed by atoms with Crippen molar-refractivity contribution in [1.29, 1.82) is 0 Å². The summed E-state index contributed by atoms with van der Waals surface area (Å²) >= 11 is 3.40. The fraction of sp³-hybridized carbons (Fsp3) is 0.200. The van der Waals surface area contributed by atoms with Gasteiger partial charge >= 0.3 is 0 Å². The number of amides is 2. The van der Waals surface area contributed by atoms with Crippen molar-refractivity contribution >= 4 is 43.5 Å². The number of sulfonamides is 1. The zero-order chi connectivity index (χ0) is 25.6. The van der Waals surface area contributed by atoms with Crippen molar-refractivity contribution in [3.8, 4) is 0 Å². The topological polar surface area (TPSA) is 86.8 Å². The number of hydrogen-bond acceptors (Lipinski definition) is 4. The average Bonchev–Trinajstić information content (AvgIpc) is 2.85. The molecular weight excluding hydrogens is 537 g/mol. The number of para-hydroxylation sites is 1. The Morgan fingerprint density at radius 1 is 1.00 bits per heavy atom. The lowest BCUT2D eigenvalue weighted by molar-refractivity contribution is -0.139. The van der Waals surface area contributed by atoms with E-state index < -0.39 is 34.3 Å². The van der Waals surface area contributed by atoms with Crippen molar-refractivity contribution in [2.75, 3.05) is 17.9 Å². The molecule has 0 bridgehead atoms. The van der Waals surface area contributed by atoms with E-state index in [1.165, 1.54) is 11.9 Å². The molecule has 3 aromatic carbocycles. The number of rotatable bonds is 9. The molecule has 1 N–H and O–H groups in total. The zero-order valence-corrected chi connectivity index (χ0v) is 21.6. The highest BCUT2D eigenvalue weighted by molar-refractivity contribution is 9.10. The fourth-order valence-corrected chi connectivity index (χ4v) is 5.34. The van der Waals surface area contributed by atoms with Crippen molar-refractivity contribution in [2.45, 2.75) is 24.4 Å². The third-order valence-electron chi connectivity index (χ3n) is 5.38. The van der Waals surface area contributed by atoms with E-state index in [9.17, 15) is 22.4 Å². The quantitative estimate of drug-likeness (QED) is 0.428. The predicted octanol–water partition coefficient (Wildman–Crippen LogP) is 3.95. The monoisotopic (exact) mass is 561 g/mol. The van der Waals surface area contributed by atoms with E-state index in [0.717, 1.165) is 38.6 Å². The summed E-state index contributed by atoms with van der Waals surface area (Å²) in [6, 6.07) is 19.0. The summed E-state index contributed by atoms with van der Waals surface area (Å²) in [7, 11) is -2.75. The minimum Gasteiger partial charge on any atom is -0.357 e. The first-order chi connectivity index (χ1) is 16.6. The first-order valence-electron chi connectivity index (χ1n) is 10.7. The van der Waals surface area contributed by atoms with Crippen LogP contribution >= 0.6 is 15.9 Å². The number of nitrogens with zero attached hydrogens (tertiary/aromatic N) is 2. The molecule has 3 aromatic rings. The highest BCUT2D eigenvalue weighted by Crippen LogP contribution is 2.25. The van der Waals surface area contributed by atoms with Crippen molar-refractivity contribution < 1.29 is 22.4 Å². The fourth-order valence-electron chi connectivity index (χ4n) is 3.48. The van der Waals surface area contributed by atoms with Gasteiger partial charge in [-0.2, -0.15) is 0 Å². The summed E-state index contributed by atoms with van der Waals surface area (Å²) in [6.07, 6.45) is 0. The Morgan fingerprint density at radius 2 is 1.66 bits per heavy atom. The van der Waals surface area contributed by atoms with Crippen LogP contribution < -0.4 is 9.62 Å². The maximum atomic E-state index is 13.6. The number of nitrogens with one attached hydrogen (secondary N) is 1. The minimum absolute atomic E-state index is 0.0894. The van der Waals surface area contributed by atoms with Crippen molar-refractivity contribution in [3.63, 3.8) is 0 Å². The molecule has 35 heavy (non-hydrogen) atoms. The molecule has 0 aromatic heterocycles. The van der Waals surface area contributed by atoms with Crippen LogP contribution in [0.15, 0.2) is 88.2 Å². The van der Waals surface area contributed by atoms with Gasteiger partial charge in [0.1, 0.15) is 18.4 Å². The molecule has 0 aliphatic carbocycles. The first-order valence-corrected chi connectivity index (χ1v) is 13.0. The molecular formula is C25H25BrFN3O4S. The van der Waals surface area contributed by atoms with Crippen molar-refractivity contribution in [3.05, 3.63) is 94.7 Å². The third-order valence-corrected chi connectivity index (χ3v) is 7.66. The Hall–Kier alpha value is -3.24. The van der Waals surface area contributed by atoms with Crippen LogP contribution in [-0.2, 0) is 26.2 Å². The number of likely N-dealkylation sites (N-methyl/N-ethyl adjacent to an activating group) is 1. The summed E-state index contributed by atoms with van der Waals surface area (Å²) in [6.45, 7) is 1.11. The number of benzene rings is 3. The van der Waals surface area contributed by atoms with Gasteiger partial charge in [0, 0.05) is 18.1 Å². The van der Waals surface area contributed by atoms with E-state index in [1.54, 1.807) is 37.3 Å². The van der Waals surface area contributed by atoms with Crippen LogP contribution in [0.1, 0.15) is 12.5 Å². The second-order valence-corrected chi connectivity index (χ2v) is 10.5. The normalized spacial score (nSPS) is 12.0. The summed E-state index contributed by atoms with van der Waals surface area (Å²) in [5.41, 5.74) is 1.02. The molecule has 3 rings (SSSR count). The molecule has 2 amide bonds. The van der Waals surface area contributed by atoms with Crippen molar-refractivity contribution in [1.82, 2.24) is 10.2 Å². The van der Waals surface area contributed by atoms with Gasteiger partial charge in [-0.3, -0.25) is 13.9 Å². The van der Waals surface area contributed by atoms with E-state index in [1.807, 2.05) is 24.3 Å². The van der Waals surface area contributed by atoms with Crippen LogP contribution in [0, 0.1) is 5.82 Å². The second kappa shape index (κ2) is 11.5. The molecule has 0 radical (unpaired) electrons. The molecule has 0 spiro atoms. The van der Waals surface area contributed by atoms with Gasteiger partial charge in [0.05, 0.1) is 10.6 Å². The summed E-state index contributed by atoms with van der Waals surface area (Å²) in [4.78, 5) is 27.2. The van der Waals surface area contributed by atoms with Gasteiger partial charge in [-0.15, -0.1) is 0 Å². The van der Waals surface area contributed by atoms with E-state index in [0.29, 0.717) is 0 Å². The molecule has 1 unspecified atom stereocenters. The highest BCUT2D eigenvalue weighted by Gasteiger charge is 2.32. The largest absolute Gasteiger partial charge is 0.357 e. The number of carbonyl (C=O) groups excluding carboxylic acids is 2. The molecule has 7 nitrogen and oxygen atoms in total. The van der Waals surface area contributed by atoms with E-state index in [-0.39, 0.29) is 23.0 Å². The van der Waals surface area contributed by atoms with Gasteiger partial charge in [-0.05, 0) is 61.0 Å². The number of halogens is 2. The Labute approximate surface area is 212 Å². The van der Waals surface area contributed by atoms with Crippen LogP contribution in [0.4, 0.5) is 10.1 Å². The summed E-state index contributed by atoms with van der Waals surface area (Å²) in [5.74, 6) is -1.54. The van der Waals surface area contributed by atoms with Crippen LogP contribution in [0.2, 0.25) is 0 Å². The lowest BCUT2D eigenvalue weighted by atomic mass is 10.1. The standard InChI is InChI=1S/C25H25BrFN3O4S/c1-18(25(32)28-2)29(16-19-7-6-8-20(26)15-19)24(31)17-30(22-9-4-3-5-10-22)35(33,34)23-13-11-21(27)12-14-23/h3-15,18H,16-17H2,1-2H3,(H,28,32). The average molecular weight is 562 g/mol. The predicted molar refractivity (Wildman–Crippen MR) is 136 cm³/mol. The maximum Gasteiger partial charge on any atom is 0.264 e. The Kier molecular flexibility index (Phi) is 8.63. The van der Waals surface area contributed by atoms with Gasteiger partial charge < -0.3 is 10.2 Å². The SMILES string of the molecule is CNC(=O)C(C)N(Cc1cccc(Br)c1)C(=O)CN(c1ccccc1)S(=O)(=O)c1ccc(F)cc1. The maximum absolute atomic E-state index is 13.6. The van der Waals surface area contributed by atoms with Crippen LogP contribution in [0.25, 0.3) is 0 Å². The number of carbonyl (C=O) groups is 2. The third kappa shape index (κ3) is 6.46. The molecule has 0 aliphatic heterocycles. The van der Waals surface area contributed by atoms with Crippen LogP contribution in [-0.4, -0.2) is 44.8 Å². The van der Waals surface area contributed by atoms with E-state index >= 15 is 0 Å². The van der Waals surface area contributed by atoms with Crippen LogP contribution in [0.3, 0.4) is 0 Å². The first kappa shape index (κ1) is 26.4. The Morgan fingerprint density at radius 3 is 2.26 bits per heavy atom. The summed E-state index contributed by atoms with van der Waals surface area (Å²) < 4.78 is 42.2. The molecule has 0 fully saturated rings. The molecule has 0 saturated carbocycles. The lowest BCUT2D eigenvalue weighted by Gasteiger charge is -2.31. The number of hydrogen-bond donors (Lipinski definition) is 1. The highest BCUT2D eigenvalue weighted by atomic mass is 79.9. The second-order valence-electron chi connectivity index (χ2n) is 7.74. The van der Waals surface area contributed by atoms with Crippen molar-refractivity contribution in [2.24, 2.45) is 0 Å².